The van der Waals surface area contributed by atoms with Crippen LogP contribution in [0.5, 0.6) is 0 Å². The van der Waals surface area contributed by atoms with Crippen molar-refractivity contribution < 1.29 is 14.3 Å². The molecule has 0 unspecified atom stereocenters. The van der Waals surface area contributed by atoms with Crippen LogP contribution < -0.4 is 15.8 Å². The number of amides is 1. The minimum absolute atomic E-state index is 0.0969. The van der Waals surface area contributed by atoms with E-state index in [1.165, 1.54) is 38.9 Å². The molecule has 10 heteroatoms. The maximum atomic E-state index is 15.3. The normalized spacial score (nSPS) is 17.3. The first-order valence-corrected chi connectivity index (χ1v) is 16.6. The Morgan fingerprint density at radius 2 is 1.76 bits per heavy atom. The average molecular weight is 628 g/mol. The number of aryl methyl sites for hydroxylation is 2. The van der Waals surface area contributed by atoms with E-state index in [4.69, 9.17) is 0 Å². The number of hydrogen-bond acceptors (Lipinski definition) is 7. The first kappa shape index (κ1) is 29.8. The molecule has 1 saturated heterocycles. The third kappa shape index (κ3) is 5.60. The Balaban J connectivity index is 1.20. The Morgan fingerprint density at radius 3 is 2.51 bits per heavy atom. The standard InChI is InChI=1S/C35H38FN5O3S/c1-39-14-11-22(12-15-39)21-7-9-24(10-8-21)37-33-35(44)40(2)19-29(38-33)27-17-23(36)18-30(28(27)20-42)41-16-13-26-25-5-3-4-6-31(25)45-32(26)34(41)43/h7-10,17-19,22,42H,3-6,11-16,20H2,1-2H3,(H,37,38). The van der Waals surface area contributed by atoms with E-state index in [1.54, 1.807) is 23.3 Å². The highest BCUT2D eigenvalue weighted by Crippen LogP contribution is 2.41. The minimum atomic E-state index is -0.545. The number of benzene rings is 2. The Bertz CT molecular complexity index is 1820. The van der Waals surface area contributed by atoms with E-state index in [9.17, 15) is 14.7 Å². The van der Waals surface area contributed by atoms with Crippen molar-refractivity contribution in [3.05, 3.63) is 90.8 Å². The molecule has 7 rings (SSSR count). The van der Waals surface area contributed by atoms with Gasteiger partial charge >= 0.3 is 0 Å². The van der Waals surface area contributed by atoms with Crippen molar-refractivity contribution >= 4 is 34.4 Å². The fourth-order valence-corrected chi connectivity index (χ4v) is 8.53. The van der Waals surface area contributed by atoms with E-state index in [0.29, 0.717) is 41.4 Å². The lowest BCUT2D eigenvalue weighted by Gasteiger charge is -2.30. The molecule has 2 aromatic carbocycles. The molecule has 0 bridgehead atoms. The molecule has 2 aromatic heterocycles. The molecule has 3 aliphatic rings. The number of aliphatic hydroxyl groups is 1. The molecule has 1 aliphatic carbocycles. The number of nitrogens with one attached hydrogen (secondary N) is 1. The average Bonchev–Trinajstić information content (AvgIpc) is 3.43. The summed E-state index contributed by atoms with van der Waals surface area (Å²) < 4.78 is 16.7. The van der Waals surface area contributed by atoms with Gasteiger partial charge in [-0.15, -0.1) is 11.3 Å². The van der Waals surface area contributed by atoms with Crippen molar-refractivity contribution in [2.45, 2.75) is 57.5 Å². The molecule has 0 saturated carbocycles. The first-order chi connectivity index (χ1) is 21.8. The van der Waals surface area contributed by atoms with Gasteiger partial charge in [0, 0.05) is 41.5 Å². The van der Waals surface area contributed by atoms with E-state index >= 15 is 4.39 Å². The third-order valence-electron chi connectivity index (χ3n) is 9.66. The SMILES string of the molecule is CN1CCC(c2ccc(Nc3nc(-c4cc(F)cc(N5CCc6c(sc7c6CCCC7)C5=O)c4CO)cn(C)c3=O)cc2)CC1. The number of halogens is 1. The van der Waals surface area contributed by atoms with Gasteiger partial charge in [-0.05, 0) is 112 Å². The molecule has 45 heavy (non-hydrogen) atoms. The van der Waals surface area contributed by atoms with Gasteiger partial charge in [0.15, 0.2) is 5.82 Å². The molecule has 1 amide bonds. The molecule has 8 nitrogen and oxygen atoms in total. The van der Waals surface area contributed by atoms with E-state index in [-0.39, 0.29) is 17.3 Å². The quantitative estimate of drug-likeness (QED) is 0.282. The van der Waals surface area contributed by atoms with Crippen molar-refractivity contribution in [1.82, 2.24) is 14.5 Å². The van der Waals surface area contributed by atoms with Crippen LogP contribution in [0.4, 0.5) is 21.6 Å². The Kier molecular flexibility index (Phi) is 8.05. The number of aliphatic hydroxyl groups excluding tert-OH is 1. The fourth-order valence-electron chi connectivity index (χ4n) is 7.14. The van der Waals surface area contributed by atoms with Crippen LogP contribution in [-0.2, 0) is 32.9 Å². The van der Waals surface area contributed by atoms with Gasteiger partial charge in [0.25, 0.3) is 11.5 Å². The number of piperidine rings is 1. The number of nitrogens with zero attached hydrogens (tertiary/aromatic N) is 4. The second-order valence-electron chi connectivity index (χ2n) is 12.5. The molecule has 0 atom stereocenters. The van der Waals surface area contributed by atoms with Crippen LogP contribution in [0.15, 0.2) is 47.4 Å². The number of rotatable bonds is 6. The van der Waals surface area contributed by atoms with Crippen molar-refractivity contribution in [3.8, 4) is 11.3 Å². The van der Waals surface area contributed by atoms with Crippen LogP contribution in [0.1, 0.15) is 68.4 Å². The predicted molar refractivity (Wildman–Crippen MR) is 176 cm³/mol. The third-order valence-corrected chi connectivity index (χ3v) is 11.0. The topological polar surface area (TPSA) is 90.7 Å². The van der Waals surface area contributed by atoms with Gasteiger partial charge < -0.3 is 24.8 Å². The van der Waals surface area contributed by atoms with Crippen molar-refractivity contribution in [1.29, 1.82) is 0 Å². The lowest BCUT2D eigenvalue weighted by Crippen LogP contribution is -2.37. The Labute approximate surface area is 266 Å². The second-order valence-corrected chi connectivity index (χ2v) is 13.7. The number of carbonyl (C=O) groups is 1. The van der Waals surface area contributed by atoms with Crippen LogP contribution in [0.2, 0.25) is 0 Å². The summed E-state index contributed by atoms with van der Waals surface area (Å²) in [5, 5.41) is 13.8. The molecule has 0 spiro atoms. The number of anilines is 3. The van der Waals surface area contributed by atoms with E-state index in [0.717, 1.165) is 67.7 Å². The summed E-state index contributed by atoms with van der Waals surface area (Å²) in [4.78, 5) is 37.6. The maximum Gasteiger partial charge on any atom is 0.293 e. The van der Waals surface area contributed by atoms with Crippen LogP contribution >= 0.6 is 11.3 Å². The molecule has 234 valence electrons. The zero-order valence-corrected chi connectivity index (χ0v) is 26.6. The van der Waals surface area contributed by atoms with Gasteiger partial charge in [-0.2, -0.15) is 0 Å². The lowest BCUT2D eigenvalue weighted by molar-refractivity contribution is 0.0984. The van der Waals surface area contributed by atoms with Gasteiger partial charge in [-0.25, -0.2) is 9.37 Å². The number of likely N-dealkylation sites (tertiary alicyclic amines) is 1. The Morgan fingerprint density at radius 1 is 1.00 bits per heavy atom. The molecule has 4 aromatic rings. The van der Waals surface area contributed by atoms with E-state index in [1.807, 2.05) is 12.1 Å². The summed E-state index contributed by atoms with van der Waals surface area (Å²) in [5.74, 6) is -0.0795. The molecular weight excluding hydrogens is 589 g/mol. The van der Waals surface area contributed by atoms with Crippen molar-refractivity contribution in [2.24, 2.45) is 7.05 Å². The van der Waals surface area contributed by atoms with Crippen LogP contribution in [0, 0.1) is 5.82 Å². The van der Waals surface area contributed by atoms with Gasteiger partial charge in [0.05, 0.1) is 22.9 Å². The van der Waals surface area contributed by atoms with E-state index in [2.05, 4.69) is 34.4 Å². The highest BCUT2D eigenvalue weighted by Gasteiger charge is 2.34. The molecule has 4 heterocycles. The fraction of sp³-hybridized carbons (Fsp3) is 0.400. The molecular formula is C35H38FN5O3S. The van der Waals surface area contributed by atoms with Crippen LogP contribution in [-0.4, -0.2) is 52.1 Å². The molecule has 1 fully saturated rings. The highest BCUT2D eigenvalue weighted by atomic mass is 32.1. The summed E-state index contributed by atoms with van der Waals surface area (Å²) in [6.07, 6.45) is 8.78. The summed E-state index contributed by atoms with van der Waals surface area (Å²) in [6, 6.07) is 10.7. The lowest BCUT2D eigenvalue weighted by atomic mass is 9.89. The molecule has 0 radical (unpaired) electrons. The summed E-state index contributed by atoms with van der Waals surface area (Å²) in [5.41, 5.74) is 5.56. The summed E-state index contributed by atoms with van der Waals surface area (Å²) >= 11 is 1.57. The minimum Gasteiger partial charge on any atom is -0.392 e. The number of fused-ring (bicyclic) bond motifs is 3. The summed E-state index contributed by atoms with van der Waals surface area (Å²) in [7, 11) is 3.77. The zero-order chi connectivity index (χ0) is 31.2. The van der Waals surface area contributed by atoms with Crippen LogP contribution in [0.25, 0.3) is 11.3 Å². The van der Waals surface area contributed by atoms with Crippen molar-refractivity contribution in [3.63, 3.8) is 0 Å². The first-order valence-electron chi connectivity index (χ1n) is 15.8. The number of carbonyl (C=O) groups excluding carboxylic acids is 1. The zero-order valence-electron chi connectivity index (χ0n) is 25.7. The Hall–Kier alpha value is -3.86. The number of thiophene rings is 1. The van der Waals surface area contributed by atoms with Gasteiger partial charge in [-0.1, -0.05) is 12.1 Å². The monoisotopic (exact) mass is 627 g/mol. The maximum absolute atomic E-state index is 15.3. The summed E-state index contributed by atoms with van der Waals surface area (Å²) in [6.45, 7) is 2.15. The van der Waals surface area contributed by atoms with Gasteiger partial charge in [0.2, 0.25) is 0 Å². The smallest absolute Gasteiger partial charge is 0.293 e. The van der Waals surface area contributed by atoms with Gasteiger partial charge in [-0.3, -0.25) is 9.59 Å². The second kappa shape index (κ2) is 12.2. The molecule has 2 aliphatic heterocycles. The number of aromatic nitrogens is 2. The van der Waals surface area contributed by atoms with Crippen molar-refractivity contribution in [2.75, 3.05) is 36.9 Å². The predicted octanol–water partition coefficient (Wildman–Crippen LogP) is 5.77. The van der Waals surface area contributed by atoms with Crippen LogP contribution in [0.3, 0.4) is 0 Å². The molecule has 2 N–H and O–H groups in total. The largest absolute Gasteiger partial charge is 0.392 e. The number of hydrogen-bond donors (Lipinski definition) is 2. The van der Waals surface area contributed by atoms with Gasteiger partial charge in [0.1, 0.15) is 5.82 Å². The van der Waals surface area contributed by atoms with E-state index < -0.39 is 12.4 Å². The highest BCUT2D eigenvalue weighted by molar-refractivity contribution is 7.14.